The molecule has 0 radical (unpaired) electrons. The summed E-state index contributed by atoms with van der Waals surface area (Å²) >= 11 is 0. The van der Waals surface area contributed by atoms with Gasteiger partial charge in [-0.15, -0.1) is 0 Å². The predicted octanol–water partition coefficient (Wildman–Crippen LogP) is 16.2. The van der Waals surface area contributed by atoms with Crippen molar-refractivity contribution in [3.63, 3.8) is 0 Å². The van der Waals surface area contributed by atoms with Gasteiger partial charge in [-0.05, 0) is 132 Å². The van der Waals surface area contributed by atoms with Crippen LogP contribution in [0.25, 0.3) is 87.6 Å². The Morgan fingerprint density at radius 3 is 1.80 bits per heavy atom. The molecule has 0 amide bonds. The lowest BCUT2D eigenvalue weighted by Gasteiger charge is -2.31. The van der Waals surface area contributed by atoms with Crippen LogP contribution < -0.4 is 4.90 Å². The zero-order chi connectivity index (χ0) is 39.2. The molecule has 278 valence electrons. The maximum Gasteiger partial charge on any atom is 0.135 e. The van der Waals surface area contributed by atoms with Gasteiger partial charge in [0.1, 0.15) is 11.2 Å². The molecule has 0 saturated carbocycles. The van der Waals surface area contributed by atoms with Gasteiger partial charge in [-0.1, -0.05) is 153 Å². The van der Waals surface area contributed by atoms with E-state index in [2.05, 4.69) is 207 Å². The smallest absolute Gasteiger partial charge is 0.135 e. The average molecular weight is 754 g/mol. The standard InChI is InChI=1S/C57H39NO/c1-57(2)51-34-40-15-4-3-14-39(40)32-49(51)46-29-28-43(35-52(46)57)58(42-26-22-36(23-27-42)41-25-31-55-50(33-41)47-19-9-10-21-54(47)59-55)53-30-24-38-13-6-8-18-45(38)56(53)48-20-11-16-37-12-5-7-17-44(37)48/h3-35H,1-2H3. The van der Waals surface area contributed by atoms with E-state index in [1.807, 2.05) is 12.1 Å². The number of hydrogen-bond donors (Lipinski definition) is 0. The summed E-state index contributed by atoms with van der Waals surface area (Å²) in [5, 5.41) is 9.74. The van der Waals surface area contributed by atoms with E-state index in [9.17, 15) is 0 Å². The van der Waals surface area contributed by atoms with E-state index in [0.717, 1.165) is 50.1 Å². The Bertz CT molecular complexity index is 3470. The quantitative estimate of drug-likeness (QED) is 0.174. The summed E-state index contributed by atoms with van der Waals surface area (Å²) in [6.07, 6.45) is 0. The monoisotopic (exact) mass is 753 g/mol. The molecule has 11 aromatic rings. The molecule has 1 heterocycles. The molecule has 1 aromatic heterocycles. The van der Waals surface area contributed by atoms with Gasteiger partial charge in [-0.3, -0.25) is 0 Å². The minimum atomic E-state index is -0.183. The molecule has 0 spiro atoms. The molecule has 1 aliphatic carbocycles. The molecule has 0 aliphatic heterocycles. The van der Waals surface area contributed by atoms with Gasteiger partial charge in [0.05, 0.1) is 5.69 Å². The third-order valence-electron chi connectivity index (χ3n) is 12.8. The Morgan fingerprint density at radius 1 is 0.373 bits per heavy atom. The van der Waals surface area contributed by atoms with Crippen molar-refractivity contribution >= 4 is 71.3 Å². The number of anilines is 3. The highest BCUT2D eigenvalue weighted by molar-refractivity contribution is 6.12. The van der Waals surface area contributed by atoms with E-state index in [0.29, 0.717) is 0 Å². The molecule has 0 fully saturated rings. The fraction of sp³-hybridized carbons (Fsp3) is 0.0526. The fourth-order valence-corrected chi connectivity index (χ4v) is 9.86. The van der Waals surface area contributed by atoms with E-state index >= 15 is 0 Å². The van der Waals surface area contributed by atoms with Crippen LogP contribution in [0.2, 0.25) is 0 Å². The number of rotatable bonds is 5. The van der Waals surface area contributed by atoms with Gasteiger partial charge in [0.2, 0.25) is 0 Å². The molecule has 0 saturated heterocycles. The van der Waals surface area contributed by atoms with Crippen LogP contribution in [0.15, 0.2) is 205 Å². The molecule has 59 heavy (non-hydrogen) atoms. The van der Waals surface area contributed by atoms with Crippen LogP contribution in [0.4, 0.5) is 17.1 Å². The van der Waals surface area contributed by atoms with Crippen LogP contribution in [0.3, 0.4) is 0 Å². The lowest BCUT2D eigenvalue weighted by molar-refractivity contribution is 0.661. The average Bonchev–Trinajstić information content (AvgIpc) is 3.76. The van der Waals surface area contributed by atoms with Gasteiger partial charge >= 0.3 is 0 Å². The number of benzene rings is 10. The molecule has 0 atom stereocenters. The van der Waals surface area contributed by atoms with Gasteiger partial charge < -0.3 is 9.32 Å². The van der Waals surface area contributed by atoms with Crippen molar-refractivity contribution in [3.05, 3.63) is 211 Å². The first-order valence-electron chi connectivity index (χ1n) is 20.5. The Hall–Kier alpha value is -7.42. The summed E-state index contributed by atoms with van der Waals surface area (Å²) in [4.78, 5) is 2.48. The molecule has 12 rings (SSSR count). The molecule has 0 bridgehead atoms. The van der Waals surface area contributed by atoms with Crippen LogP contribution in [-0.2, 0) is 5.41 Å². The zero-order valence-corrected chi connectivity index (χ0v) is 32.9. The summed E-state index contributed by atoms with van der Waals surface area (Å²) in [6.45, 7) is 4.76. The first kappa shape index (κ1) is 33.7. The van der Waals surface area contributed by atoms with E-state index in [1.165, 1.54) is 65.7 Å². The highest BCUT2D eigenvalue weighted by atomic mass is 16.3. The molecular weight excluding hydrogens is 715 g/mol. The first-order chi connectivity index (χ1) is 29.0. The lowest BCUT2D eigenvalue weighted by atomic mass is 9.81. The second-order valence-electron chi connectivity index (χ2n) is 16.5. The largest absolute Gasteiger partial charge is 0.456 e. The Kier molecular flexibility index (Phi) is 7.31. The number of para-hydroxylation sites is 1. The summed E-state index contributed by atoms with van der Waals surface area (Å²) in [6, 6.07) is 73.5. The molecule has 2 nitrogen and oxygen atoms in total. The number of hydrogen-bond acceptors (Lipinski definition) is 2. The van der Waals surface area contributed by atoms with Gasteiger partial charge in [0.15, 0.2) is 0 Å². The minimum absolute atomic E-state index is 0.183. The third kappa shape index (κ3) is 5.20. The minimum Gasteiger partial charge on any atom is -0.456 e. The van der Waals surface area contributed by atoms with Crippen LogP contribution in [0, 0.1) is 0 Å². The van der Waals surface area contributed by atoms with Crippen molar-refractivity contribution in [2.24, 2.45) is 0 Å². The summed E-state index contributed by atoms with van der Waals surface area (Å²) in [5.74, 6) is 0. The zero-order valence-electron chi connectivity index (χ0n) is 32.9. The first-order valence-corrected chi connectivity index (χ1v) is 20.5. The highest BCUT2D eigenvalue weighted by Gasteiger charge is 2.36. The Balaban J connectivity index is 1.08. The SMILES string of the molecule is CC1(C)c2cc(N(c3ccc(-c4ccc5oc6ccccc6c5c4)cc3)c3ccc4ccccc4c3-c3cccc4ccccc34)ccc2-c2cc3ccccc3cc21. The van der Waals surface area contributed by atoms with Crippen molar-refractivity contribution in [2.45, 2.75) is 19.3 Å². The number of nitrogens with zero attached hydrogens (tertiary/aromatic N) is 1. The second-order valence-corrected chi connectivity index (χ2v) is 16.5. The second kappa shape index (κ2) is 12.8. The summed E-state index contributed by atoms with van der Waals surface area (Å²) < 4.78 is 6.18. The molecule has 10 aromatic carbocycles. The topological polar surface area (TPSA) is 16.4 Å². The predicted molar refractivity (Wildman–Crippen MR) is 249 cm³/mol. The molecule has 0 N–H and O–H groups in total. The maximum atomic E-state index is 6.18. The van der Waals surface area contributed by atoms with Crippen molar-refractivity contribution in [1.29, 1.82) is 0 Å². The van der Waals surface area contributed by atoms with Crippen molar-refractivity contribution in [3.8, 4) is 33.4 Å². The fourth-order valence-electron chi connectivity index (χ4n) is 9.86. The number of furan rings is 1. The lowest BCUT2D eigenvalue weighted by Crippen LogP contribution is -2.17. The van der Waals surface area contributed by atoms with Crippen molar-refractivity contribution < 1.29 is 4.42 Å². The Morgan fingerprint density at radius 2 is 0.983 bits per heavy atom. The van der Waals surface area contributed by atoms with Crippen LogP contribution >= 0.6 is 0 Å². The molecule has 1 aliphatic rings. The van der Waals surface area contributed by atoms with E-state index in [4.69, 9.17) is 4.42 Å². The molecule has 0 unspecified atom stereocenters. The van der Waals surface area contributed by atoms with Gasteiger partial charge in [-0.25, -0.2) is 0 Å². The van der Waals surface area contributed by atoms with Crippen LogP contribution in [0.5, 0.6) is 0 Å². The number of fused-ring (bicyclic) bond motifs is 9. The van der Waals surface area contributed by atoms with E-state index < -0.39 is 0 Å². The molecular formula is C57H39NO. The maximum absolute atomic E-state index is 6.18. The van der Waals surface area contributed by atoms with Crippen molar-refractivity contribution in [2.75, 3.05) is 4.90 Å². The van der Waals surface area contributed by atoms with Crippen LogP contribution in [-0.4, -0.2) is 0 Å². The summed E-state index contributed by atoms with van der Waals surface area (Å²) in [5.41, 5.74) is 15.1. The van der Waals surface area contributed by atoms with E-state index in [1.54, 1.807) is 0 Å². The Labute approximate surface area is 343 Å². The summed E-state index contributed by atoms with van der Waals surface area (Å²) in [7, 11) is 0. The van der Waals surface area contributed by atoms with Gasteiger partial charge in [0, 0.05) is 33.1 Å². The van der Waals surface area contributed by atoms with Crippen LogP contribution in [0.1, 0.15) is 25.0 Å². The molecule has 2 heteroatoms. The highest BCUT2D eigenvalue weighted by Crippen LogP contribution is 2.53. The normalized spacial score (nSPS) is 13.1. The van der Waals surface area contributed by atoms with E-state index in [-0.39, 0.29) is 5.41 Å². The third-order valence-corrected chi connectivity index (χ3v) is 12.8. The van der Waals surface area contributed by atoms with Gasteiger partial charge in [-0.2, -0.15) is 0 Å². The van der Waals surface area contributed by atoms with Crippen molar-refractivity contribution in [1.82, 2.24) is 0 Å². The van der Waals surface area contributed by atoms with Gasteiger partial charge in [0.25, 0.3) is 0 Å².